The van der Waals surface area contributed by atoms with Crippen LogP contribution in [0.4, 0.5) is 13.2 Å². The lowest BCUT2D eigenvalue weighted by Gasteiger charge is -2.08. The lowest BCUT2D eigenvalue weighted by atomic mass is 10.1. The summed E-state index contributed by atoms with van der Waals surface area (Å²) in [5.74, 6) is 0.260. The van der Waals surface area contributed by atoms with Gasteiger partial charge >= 0.3 is 6.18 Å². The van der Waals surface area contributed by atoms with E-state index in [0.717, 1.165) is 12.3 Å². The Morgan fingerprint density at radius 3 is 1.97 bits per heavy atom. The van der Waals surface area contributed by atoms with E-state index in [1.54, 1.807) is 54.6 Å². The summed E-state index contributed by atoms with van der Waals surface area (Å²) in [5, 5.41) is 24.0. The Morgan fingerprint density at radius 2 is 1.41 bits per heavy atom. The smallest absolute Gasteiger partial charge is 0.433 e. The first-order chi connectivity index (χ1) is 17.7. The summed E-state index contributed by atoms with van der Waals surface area (Å²) in [6.07, 6.45) is 3.04. The fraction of sp³-hybridized carbons (Fsp3) is 0.115. The van der Waals surface area contributed by atoms with Gasteiger partial charge in [0.05, 0.1) is 25.6 Å². The second-order valence-corrected chi connectivity index (χ2v) is 7.67. The number of halogens is 3. The van der Waals surface area contributed by atoms with Gasteiger partial charge in [0.25, 0.3) is 5.95 Å². The predicted molar refractivity (Wildman–Crippen MR) is 131 cm³/mol. The van der Waals surface area contributed by atoms with E-state index in [0.29, 0.717) is 22.5 Å². The zero-order valence-corrected chi connectivity index (χ0v) is 19.6. The van der Waals surface area contributed by atoms with Gasteiger partial charge in [-0.05, 0) is 59.7 Å². The van der Waals surface area contributed by atoms with E-state index >= 15 is 0 Å². The molecule has 4 aromatic rings. The number of methoxy groups -OCH3 is 2. The second kappa shape index (κ2) is 10.4. The van der Waals surface area contributed by atoms with Crippen molar-refractivity contribution in [2.75, 3.05) is 14.2 Å². The molecule has 37 heavy (non-hydrogen) atoms. The van der Waals surface area contributed by atoms with Crippen LogP contribution in [0.1, 0.15) is 28.2 Å². The van der Waals surface area contributed by atoms with E-state index in [1.165, 1.54) is 31.0 Å². The first-order valence-corrected chi connectivity index (χ1v) is 10.8. The number of benzene rings is 2. The number of rotatable bonds is 7. The van der Waals surface area contributed by atoms with Gasteiger partial charge in [-0.25, -0.2) is 9.97 Å². The minimum Gasteiger partial charge on any atom is -0.504 e. The van der Waals surface area contributed by atoms with Crippen LogP contribution in [0.3, 0.4) is 0 Å². The van der Waals surface area contributed by atoms with Gasteiger partial charge in [-0.3, -0.25) is 0 Å². The van der Waals surface area contributed by atoms with Crippen molar-refractivity contribution in [3.8, 4) is 28.9 Å². The molecule has 0 saturated heterocycles. The summed E-state index contributed by atoms with van der Waals surface area (Å²) in [4.78, 5) is 7.62. The predicted octanol–water partition coefficient (Wildman–Crippen LogP) is 5.45. The van der Waals surface area contributed by atoms with Crippen molar-refractivity contribution in [2.45, 2.75) is 6.18 Å². The molecule has 2 N–H and O–H groups in total. The molecule has 8 nitrogen and oxygen atoms in total. The van der Waals surface area contributed by atoms with Crippen LogP contribution in [0.25, 0.3) is 30.3 Å². The fourth-order valence-electron chi connectivity index (χ4n) is 3.34. The topological polar surface area (TPSA) is 103 Å². The molecule has 190 valence electrons. The van der Waals surface area contributed by atoms with Crippen molar-refractivity contribution >= 4 is 24.3 Å². The summed E-state index contributed by atoms with van der Waals surface area (Å²) in [6.45, 7) is 0. The van der Waals surface area contributed by atoms with Gasteiger partial charge in [0.2, 0.25) is 0 Å². The Bertz CT molecular complexity index is 1480. The van der Waals surface area contributed by atoms with E-state index in [1.807, 2.05) is 0 Å². The molecule has 4 rings (SSSR count). The maximum Gasteiger partial charge on any atom is 0.433 e. The maximum atomic E-state index is 13.3. The molecule has 0 amide bonds. The zero-order chi connectivity index (χ0) is 26.6. The number of hydrogen-bond donors (Lipinski definition) is 2. The summed E-state index contributed by atoms with van der Waals surface area (Å²) in [6, 6.07) is 11.9. The molecule has 0 atom stereocenters. The third-order valence-electron chi connectivity index (χ3n) is 5.18. The standard InChI is InChI=1S/C26H21F3N4O4/c1-36-22-13-16(5-9-20(22)34)3-7-18-15-19(8-4-17-6-10-21(35)23(14-17)37-2)33(32-18)25-30-12-11-24(31-25)26(27,28)29/h3-15,34-35H,1-2H3/b7-3+,8-4+. The maximum absolute atomic E-state index is 13.3. The SMILES string of the molecule is COc1cc(/C=C/c2cc(/C=C/c3ccc(O)c(OC)c3)n(-c3nccc(C(F)(F)F)n3)n2)ccc1O. The Morgan fingerprint density at radius 1 is 0.811 bits per heavy atom. The average Bonchev–Trinajstić information content (AvgIpc) is 3.30. The largest absolute Gasteiger partial charge is 0.504 e. The molecule has 11 heteroatoms. The normalized spacial score (nSPS) is 11.9. The van der Waals surface area contributed by atoms with Crippen LogP contribution in [0, 0.1) is 0 Å². The van der Waals surface area contributed by atoms with Crippen molar-refractivity contribution in [1.82, 2.24) is 19.7 Å². The van der Waals surface area contributed by atoms with Gasteiger partial charge in [-0.1, -0.05) is 24.3 Å². The number of alkyl halides is 3. The summed E-state index contributed by atoms with van der Waals surface area (Å²) in [5.41, 5.74) is 1.08. The third kappa shape index (κ3) is 5.89. The number of aromatic nitrogens is 4. The van der Waals surface area contributed by atoms with E-state index < -0.39 is 11.9 Å². The van der Waals surface area contributed by atoms with Crippen LogP contribution < -0.4 is 9.47 Å². The van der Waals surface area contributed by atoms with Crippen LogP contribution in [-0.4, -0.2) is 44.2 Å². The van der Waals surface area contributed by atoms with Gasteiger partial charge in [0, 0.05) is 6.20 Å². The molecule has 0 aliphatic rings. The van der Waals surface area contributed by atoms with Crippen molar-refractivity contribution in [3.63, 3.8) is 0 Å². The first kappa shape index (κ1) is 25.3. The third-order valence-corrected chi connectivity index (χ3v) is 5.18. The quantitative estimate of drug-likeness (QED) is 0.341. The van der Waals surface area contributed by atoms with Gasteiger partial charge in [-0.15, -0.1) is 0 Å². The molecule has 2 aromatic heterocycles. The molecule has 0 saturated carbocycles. The molecule has 0 aliphatic carbocycles. The molecule has 0 aliphatic heterocycles. The van der Waals surface area contributed by atoms with Gasteiger partial charge < -0.3 is 19.7 Å². The first-order valence-electron chi connectivity index (χ1n) is 10.8. The Kier molecular flexibility index (Phi) is 7.14. The van der Waals surface area contributed by atoms with E-state index in [2.05, 4.69) is 15.1 Å². The lowest BCUT2D eigenvalue weighted by Crippen LogP contribution is -2.12. The molecule has 0 bridgehead atoms. The number of phenols is 2. The van der Waals surface area contributed by atoms with Crippen molar-refractivity contribution < 1.29 is 32.9 Å². The molecular formula is C26H21F3N4O4. The minimum absolute atomic E-state index is 0.0103. The molecule has 0 fully saturated rings. The molecule has 2 heterocycles. The Balaban J connectivity index is 1.74. The van der Waals surface area contributed by atoms with Crippen LogP contribution in [0.15, 0.2) is 54.7 Å². The Hall–Kier alpha value is -4.80. The van der Waals surface area contributed by atoms with Crippen molar-refractivity contribution in [1.29, 1.82) is 0 Å². The fourth-order valence-corrected chi connectivity index (χ4v) is 3.34. The highest BCUT2D eigenvalue weighted by molar-refractivity contribution is 5.74. The summed E-state index contributed by atoms with van der Waals surface area (Å²) in [7, 11) is 2.85. The number of aromatic hydroxyl groups is 2. The minimum atomic E-state index is -4.65. The molecule has 0 spiro atoms. The van der Waals surface area contributed by atoms with Crippen LogP contribution in [0.5, 0.6) is 23.0 Å². The van der Waals surface area contributed by atoms with Crippen molar-refractivity contribution in [3.05, 3.63) is 82.9 Å². The number of phenolic OH excluding ortho intramolecular Hbond substituents is 2. The molecule has 2 aromatic carbocycles. The number of ether oxygens (including phenoxy) is 2. The number of nitrogens with zero attached hydrogens (tertiary/aromatic N) is 4. The van der Waals surface area contributed by atoms with E-state index in [-0.39, 0.29) is 28.9 Å². The summed E-state index contributed by atoms with van der Waals surface area (Å²) < 4.78 is 51.2. The van der Waals surface area contributed by atoms with Crippen LogP contribution >= 0.6 is 0 Å². The van der Waals surface area contributed by atoms with Crippen LogP contribution in [0.2, 0.25) is 0 Å². The lowest BCUT2D eigenvalue weighted by molar-refractivity contribution is -0.141. The highest BCUT2D eigenvalue weighted by Crippen LogP contribution is 2.30. The van der Waals surface area contributed by atoms with E-state index in [4.69, 9.17) is 9.47 Å². The average molecular weight is 510 g/mol. The van der Waals surface area contributed by atoms with Gasteiger partial charge in [0.15, 0.2) is 23.0 Å². The zero-order valence-electron chi connectivity index (χ0n) is 19.6. The van der Waals surface area contributed by atoms with E-state index in [9.17, 15) is 23.4 Å². The van der Waals surface area contributed by atoms with Crippen LogP contribution in [-0.2, 0) is 6.18 Å². The molecule has 0 unspecified atom stereocenters. The van der Waals surface area contributed by atoms with Crippen molar-refractivity contribution in [2.24, 2.45) is 0 Å². The second-order valence-electron chi connectivity index (χ2n) is 7.67. The number of hydrogen-bond acceptors (Lipinski definition) is 7. The highest BCUT2D eigenvalue weighted by Gasteiger charge is 2.33. The highest BCUT2D eigenvalue weighted by atomic mass is 19.4. The van der Waals surface area contributed by atoms with Gasteiger partial charge in [0.1, 0.15) is 5.69 Å². The molecular weight excluding hydrogens is 489 g/mol. The monoisotopic (exact) mass is 510 g/mol. The van der Waals surface area contributed by atoms with Gasteiger partial charge in [-0.2, -0.15) is 23.0 Å². The molecule has 0 radical (unpaired) electrons. The summed E-state index contributed by atoms with van der Waals surface area (Å²) >= 11 is 0. The Labute approximate surface area is 209 Å².